The maximum Gasteiger partial charge on any atom is 0.0542 e. The monoisotopic (exact) mass is 677 g/mol. The minimum atomic E-state index is 1.16. The van der Waals surface area contributed by atoms with E-state index in [9.17, 15) is 0 Å². The van der Waals surface area contributed by atoms with Gasteiger partial charge in [0.15, 0.2) is 0 Å². The SMILES string of the molecule is Cc1cccc(-n2c3ccccc3c3cc(-c4ccc5c(c4)c4cc(-n6c7ccccc7c7ccccc76)ccc4n5-c4cccc(C)c4)ccc32)c1. The summed E-state index contributed by atoms with van der Waals surface area (Å²) >= 11 is 0. The summed E-state index contributed by atoms with van der Waals surface area (Å²) in [5.74, 6) is 0. The van der Waals surface area contributed by atoms with Crippen molar-refractivity contribution in [3.63, 3.8) is 0 Å². The van der Waals surface area contributed by atoms with Gasteiger partial charge < -0.3 is 13.7 Å². The summed E-state index contributed by atoms with van der Waals surface area (Å²) in [5.41, 5.74) is 15.7. The van der Waals surface area contributed by atoms with E-state index in [-0.39, 0.29) is 0 Å². The molecule has 3 heterocycles. The molecule has 8 aromatic carbocycles. The van der Waals surface area contributed by atoms with Crippen molar-refractivity contribution in [1.29, 1.82) is 0 Å². The Hall–Kier alpha value is -6.84. The maximum absolute atomic E-state index is 2.43. The van der Waals surface area contributed by atoms with Gasteiger partial charge in [0.05, 0.1) is 33.1 Å². The van der Waals surface area contributed by atoms with Crippen molar-refractivity contribution in [2.24, 2.45) is 0 Å². The van der Waals surface area contributed by atoms with Crippen molar-refractivity contribution in [3.8, 4) is 28.2 Å². The molecule has 0 aliphatic carbocycles. The van der Waals surface area contributed by atoms with E-state index >= 15 is 0 Å². The Morgan fingerprint density at radius 1 is 0.264 bits per heavy atom. The zero-order valence-electron chi connectivity index (χ0n) is 29.6. The average molecular weight is 678 g/mol. The Balaban J connectivity index is 1.16. The fourth-order valence-corrected chi connectivity index (χ4v) is 8.77. The largest absolute Gasteiger partial charge is 0.309 e. The summed E-state index contributed by atoms with van der Waals surface area (Å²) in [6.07, 6.45) is 0. The standard InChI is InChI=1S/C50H35N3/c1-32-11-9-13-36(27-32)51-47-20-8-5-17-41(47)42-29-34(21-24-48(42)51)35-22-25-49-43(30-35)44-31-38(23-26-50(44)52(49)37-14-10-12-33(2)28-37)53-45-18-6-3-15-39(45)40-16-4-7-19-46(40)53/h3-31H,1-2H3. The average Bonchev–Trinajstić information content (AvgIpc) is 3.83. The molecule has 11 rings (SSSR count). The van der Waals surface area contributed by atoms with Gasteiger partial charge in [0.25, 0.3) is 0 Å². The zero-order chi connectivity index (χ0) is 35.2. The normalized spacial score (nSPS) is 12.0. The third kappa shape index (κ3) is 4.47. The number of aromatic nitrogens is 3. The predicted molar refractivity (Wildman–Crippen MR) is 224 cm³/mol. The van der Waals surface area contributed by atoms with Crippen LogP contribution in [0.15, 0.2) is 176 Å². The van der Waals surface area contributed by atoms with Gasteiger partial charge in [-0.1, -0.05) is 91.0 Å². The fraction of sp³-hybridized carbons (Fsp3) is 0.0400. The Kier molecular flexibility index (Phi) is 6.38. The molecule has 250 valence electrons. The highest BCUT2D eigenvalue weighted by atomic mass is 15.0. The minimum absolute atomic E-state index is 1.16. The van der Waals surface area contributed by atoms with Gasteiger partial charge in [-0.2, -0.15) is 0 Å². The van der Waals surface area contributed by atoms with Crippen LogP contribution in [-0.4, -0.2) is 13.7 Å². The first-order valence-electron chi connectivity index (χ1n) is 18.4. The predicted octanol–water partition coefficient (Wildman–Crippen LogP) is 13.3. The number of hydrogen-bond donors (Lipinski definition) is 0. The molecule has 0 atom stereocenters. The summed E-state index contributed by atoms with van der Waals surface area (Å²) in [6.45, 7) is 4.33. The lowest BCUT2D eigenvalue weighted by atomic mass is 10.0. The minimum Gasteiger partial charge on any atom is -0.309 e. The Morgan fingerprint density at radius 2 is 0.623 bits per heavy atom. The summed E-state index contributed by atoms with van der Waals surface area (Å²) in [6, 6.07) is 64.8. The second-order valence-corrected chi connectivity index (χ2v) is 14.4. The maximum atomic E-state index is 2.43. The third-order valence-corrected chi connectivity index (χ3v) is 11.1. The van der Waals surface area contributed by atoms with Gasteiger partial charge in [-0.05, 0) is 121 Å². The molecule has 0 fully saturated rings. The van der Waals surface area contributed by atoms with Crippen molar-refractivity contribution >= 4 is 65.4 Å². The van der Waals surface area contributed by atoms with E-state index in [1.165, 1.54) is 99.0 Å². The van der Waals surface area contributed by atoms with Crippen LogP contribution in [0.25, 0.3) is 93.6 Å². The van der Waals surface area contributed by atoms with Crippen LogP contribution in [0.5, 0.6) is 0 Å². The number of fused-ring (bicyclic) bond motifs is 9. The second-order valence-electron chi connectivity index (χ2n) is 14.4. The molecule has 0 radical (unpaired) electrons. The molecule has 0 aliphatic heterocycles. The summed E-state index contributed by atoms with van der Waals surface area (Å²) in [7, 11) is 0. The van der Waals surface area contributed by atoms with E-state index in [0.717, 1.165) is 5.69 Å². The van der Waals surface area contributed by atoms with Crippen LogP contribution in [0.1, 0.15) is 11.1 Å². The molecule has 3 aromatic heterocycles. The summed E-state index contributed by atoms with van der Waals surface area (Å²) < 4.78 is 7.24. The van der Waals surface area contributed by atoms with Crippen LogP contribution in [0, 0.1) is 13.8 Å². The van der Waals surface area contributed by atoms with Crippen molar-refractivity contribution in [2.75, 3.05) is 0 Å². The molecule has 0 aliphatic rings. The number of nitrogens with zero attached hydrogens (tertiary/aromatic N) is 3. The highest BCUT2D eigenvalue weighted by molar-refractivity contribution is 6.14. The Labute approximate surface area is 307 Å². The topological polar surface area (TPSA) is 14.8 Å². The lowest BCUT2D eigenvalue weighted by Crippen LogP contribution is -1.96. The first-order chi connectivity index (χ1) is 26.1. The molecule has 11 aromatic rings. The van der Waals surface area contributed by atoms with Crippen molar-refractivity contribution in [3.05, 3.63) is 187 Å². The van der Waals surface area contributed by atoms with E-state index in [1.807, 2.05) is 0 Å². The lowest BCUT2D eigenvalue weighted by molar-refractivity contribution is 1.16. The van der Waals surface area contributed by atoms with E-state index in [2.05, 4.69) is 203 Å². The Bertz CT molecular complexity index is 3200. The first-order valence-corrected chi connectivity index (χ1v) is 18.4. The van der Waals surface area contributed by atoms with Gasteiger partial charge in [-0.15, -0.1) is 0 Å². The molecule has 0 saturated heterocycles. The summed E-state index contributed by atoms with van der Waals surface area (Å²) in [5, 5.41) is 7.54. The van der Waals surface area contributed by atoms with Gasteiger partial charge in [0, 0.05) is 49.4 Å². The lowest BCUT2D eigenvalue weighted by Gasteiger charge is -2.11. The zero-order valence-corrected chi connectivity index (χ0v) is 29.6. The number of aryl methyl sites for hydroxylation is 2. The first kappa shape index (κ1) is 29.8. The van der Waals surface area contributed by atoms with Gasteiger partial charge in [-0.25, -0.2) is 0 Å². The molecule has 0 bridgehead atoms. The van der Waals surface area contributed by atoms with E-state index in [4.69, 9.17) is 0 Å². The number of hydrogen-bond acceptors (Lipinski definition) is 0. The van der Waals surface area contributed by atoms with Crippen LogP contribution >= 0.6 is 0 Å². The summed E-state index contributed by atoms with van der Waals surface area (Å²) in [4.78, 5) is 0. The number of para-hydroxylation sites is 3. The van der Waals surface area contributed by atoms with Gasteiger partial charge in [0.1, 0.15) is 0 Å². The molecule has 0 unspecified atom stereocenters. The van der Waals surface area contributed by atoms with Crippen LogP contribution in [0.4, 0.5) is 0 Å². The van der Waals surface area contributed by atoms with Crippen LogP contribution < -0.4 is 0 Å². The van der Waals surface area contributed by atoms with E-state index in [1.54, 1.807) is 0 Å². The molecule has 53 heavy (non-hydrogen) atoms. The van der Waals surface area contributed by atoms with Gasteiger partial charge in [0.2, 0.25) is 0 Å². The highest BCUT2D eigenvalue weighted by Gasteiger charge is 2.18. The number of rotatable bonds is 4. The molecular formula is C50H35N3. The second kappa shape index (κ2) is 11.3. The molecule has 3 heteroatoms. The fourth-order valence-electron chi connectivity index (χ4n) is 8.77. The van der Waals surface area contributed by atoms with Gasteiger partial charge >= 0.3 is 0 Å². The van der Waals surface area contributed by atoms with Crippen LogP contribution in [0.2, 0.25) is 0 Å². The Morgan fingerprint density at radius 3 is 1.09 bits per heavy atom. The van der Waals surface area contributed by atoms with E-state index < -0.39 is 0 Å². The van der Waals surface area contributed by atoms with Crippen LogP contribution in [0.3, 0.4) is 0 Å². The molecule has 3 nitrogen and oxygen atoms in total. The smallest absolute Gasteiger partial charge is 0.0542 e. The van der Waals surface area contributed by atoms with Crippen LogP contribution in [-0.2, 0) is 0 Å². The van der Waals surface area contributed by atoms with Gasteiger partial charge in [-0.3, -0.25) is 0 Å². The number of benzene rings is 8. The molecule has 0 N–H and O–H groups in total. The highest BCUT2D eigenvalue weighted by Crippen LogP contribution is 2.40. The molecule has 0 amide bonds. The molecular weight excluding hydrogens is 643 g/mol. The van der Waals surface area contributed by atoms with Crippen molar-refractivity contribution in [2.45, 2.75) is 13.8 Å². The van der Waals surface area contributed by atoms with Crippen molar-refractivity contribution in [1.82, 2.24) is 13.7 Å². The quantitative estimate of drug-likeness (QED) is 0.176. The molecule has 0 saturated carbocycles. The molecule has 0 spiro atoms. The van der Waals surface area contributed by atoms with Crippen molar-refractivity contribution < 1.29 is 0 Å². The van der Waals surface area contributed by atoms with E-state index in [0.29, 0.717) is 0 Å². The third-order valence-electron chi connectivity index (χ3n) is 11.1.